The summed E-state index contributed by atoms with van der Waals surface area (Å²) in [5, 5.41) is 14.6. The van der Waals surface area contributed by atoms with Crippen LogP contribution in [0.5, 0.6) is 0 Å². The summed E-state index contributed by atoms with van der Waals surface area (Å²) in [7, 11) is 0. The second-order valence-electron chi connectivity index (χ2n) is 13.9. The molecule has 0 radical (unpaired) electrons. The number of hydrogen-bond donors (Lipinski definition) is 2. The fourth-order valence-electron chi connectivity index (χ4n) is 9.81. The van der Waals surface area contributed by atoms with E-state index in [0.717, 1.165) is 38.5 Å². The summed E-state index contributed by atoms with van der Waals surface area (Å²) >= 11 is 0. The molecule has 208 valence electrons. The SMILES string of the molecule is CC(=O)NC[C@H](C)CCC1(O)O[C@@H]2CC3[C@@H]4CC=C5C[C@@H](OC(C)=O)CC[C@]5(C)C4CC[C@]3(C)[C@H]2[C@@H]1C. The van der Waals surface area contributed by atoms with Gasteiger partial charge in [0.1, 0.15) is 6.10 Å². The third-order valence-electron chi connectivity index (χ3n) is 11.8. The number of amides is 1. The van der Waals surface area contributed by atoms with Crippen LogP contribution in [0.3, 0.4) is 0 Å². The third-order valence-corrected chi connectivity index (χ3v) is 11.8. The first kappa shape index (κ1) is 27.2. The van der Waals surface area contributed by atoms with Crippen LogP contribution in [0.2, 0.25) is 0 Å². The lowest BCUT2D eigenvalue weighted by atomic mass is 9.47. The number of rotatable bonds is 6. The quantitative estimate of drug-likeness (QED) is 0.366. The average molecular weight is 516 g/mol. The van der Waals surface area contributed by atoms with Crippen molar-refractivity contribution in [2.75, 3.05) is 6.54 Å². The molecule has 3 unspecified atom stereocenters. The molecule has 4 aliphatic carbocycles. The Morgan fingerprint density at radius 3 is 2.68 bits per heavy atom. The molecular formula is C31H49NO5. The Balaban J connectivity index is 1.28. The van der Waals surface area contributed by atoms with Gasteiger partial charge >= 0.3 is 5.97 Å². The maximum absolute atomic E-state index is 11.7. The Kier molecular flexibility index (Phi) is 7.09. The topological polar surface area (TPSA) is 84.9 Å². The Bertz CT molecular complexity index is 948. The second kappa shape index (κ2) is 9.66. The minimum absolute atomic E-state index is 0.00359. The summed E-state index contributed by atoms with van der Waals surface area (Å²) in [4.78, 5) is 22.8. The van der Waals surface area contributed by atoms with Gasteiger partial charge in [0.25, 0.3) is 0 Å². The molecule has 0 bridgehead atoms. The molecule has 4 fully saturated rings. The molecule has 11 atom stereocenters. The van der Waals surface area contributed by atoms with Crippen molar-refractivity contribution in [3.8, 4) is 0 Å². The number of aliphatic hydroxyl groups is 1. The van der Waals surface area contributed by atoms with E-state index in [0.29, 0.717) is 42.6 Å². The first-order valence-corrected chi connectivity index (χ1v) is 14.9. The van der Waals surface area contributed by atoms with Crippen molar-refractivity contribution < 1.29 is 24.2 Å². The number of allylic oxidation sites excluding steroid dienone is 1. The van der Waals surface area contributed by atoms with Gasteiger partial charge in [-0.15, -0.1) is 0 Å². The molecule has 0 spiro atoms. The van der Waals surface area contributed by atoms with Gasteiger partial charge in [0.05, 0.1) is 6.10 Å². The smallest absolute Gasteiger partial charge is 0.302 e. The molecule has 1 amide bonds. The molecule has 1 heterocycles. The molecule has 6 nitrogen and oxygen atoms in total. The van der Waals surface area contributed by atoms with E-state index < -0.39 is 5.79 Å². The van der Waals surface area contributed by atoms with Crippen LogP contribution in [0.15, 0.2) is 11.6 Å². The maximum atomic E-state index is 11.7. The summed E-state index contributed by atoms with van der Waals surface area (Å²) < 4.78 is 12.2. The fourth-order valence-corrected chi connectivity index (χ4v) is 9.81. The minimum atomic E-state index is -1.06. The zero-order valence-electron chi connectivity index (χ0n) is 23.8. The zero-order chi connectivity index (χ0) is 26.8. The average Bonchev–Trinajstić information content (AvgIpc) is 3.26. The van der Waals surface area contributed by atoms with E-state index in [9.17, 15) is 14.7 Å². The summed E-state index contributed by atoms with van der Waals surface area (Å²) in [5.41, 5.74) is 1.95. The lowest BCUT2D eigenvalue weighted by molar-refractivity contribution is -0.220. The van der Waals surface area contributed by atoms with Crippen molar-refractivity contribution in [1.82, 2.24) is 5.32 Å². The van der Waals surface area contributed by atoms with Gasteiger partial charge in [0.2, 0.25) is 5.91 Å². The van der Waals surface area contributed by atoms with E-state index in [1.807, 2.05) is 0 Å². The van der Waals surface area contributed by atoms with E-state index in [1.54, 1.807) is 6.92 Å². The van der Waals surface area contributed by atoms with Crippen LogP contribution in [-0.2, 0) is 19.1 Å². The fraction of sp³-hybridized carbons (Fsp3) is 0.871. The van der Waals surface area contributed by atoms with Crippen LogP contribution in [0.4, 0.5) is 0 Å². The zero-order valence-corrected chi connectivity index (χ0v) is 23.8. The van der Waals surface area contributed by atoms with Crippen molar-refractivity contribution in [1.29, 1.82) is 0 Å². The van der Waals surface area contributed by atoms with E-state index in [1.165, 1.54) is 25.3 Å². The molecule has 0 aromatic rings. The van der Waals surface area contributed by atoms with E-state index in [4.69, 9.17) is 9.47 Å². The lowest BCUT2D eigenvalue weighted by Crippen LogP contribution is -2.52. The summed E-state index contributed by atoms with van der Waals surface area (Å²) in [6.07, 6.45) is 11.8. The van der Waals surface area contributed by atoms with Crippen LogP contribution >= 0.6 is 0 Å². The maximum Gasteiger partial charge on any atom is 0.302 e. The highest BCUT2D eigenvalue weighted by Gasteiger charge is 2.67. The molecule has 5 aliphatic rings. The molecule has 5 rings (SSSR count). The largest absolute Gasteiger partial charge is 0.462 e. The second-order valence-corrected chi connectivity index (χ2v) is 13.9. The van der Waals surface area contributed by atoms with Gasteiger partial charge in [-0.2, -0.15) is 0 Å². The molecule has 0 aromatic heterocycles. The number of nitrogens with one attached hydrogen (secondary N) is 1. The van der Waals surface area contributed by atoms with Crippen LogP contribution in [-0.4, -0.2) is 41.5 Å². The molecular weight excluding hydrogens is 466 g/mol. The number of carbonyl (C=O) groups is 2. The molecule has 1 aliphatic heterocycles. The lowest BCUT2D eigenvalue weighted by Gasteiger charge is -2.58. The van der Waals surface area contributed by atoms with Gasteiger partial charge in [0, 0.05) is 39.2 Å². The van der Waals surface area contributed by atoms with Crippen LogP contribution in [0.1, 0.15) is 99.3 Å². The van der Waals surface area contributed by atoms with Crippen molar-refractivity contribution in [2.45, 2.75) is 117 Å². The van der Waals surface area contributed by atoms with Crippen molar-refractivity contribution in [3.05, 3.63) is 11.6 Å². The van der Waals surface area contributed by atoms with Gasteiger partial charge in [0.15, 0.2) is 5.79 Å². The highest BCUT2D eigenvalue weighted by atomic mass is 16.6. The highest BCUT2D eigenvalue weighted by Crippen LogP contribution is 2.70. The number of fused-ring (bicyclic) bond motifs is 7. The van der Waals surface area contributed by atoms with E-state index in [-0.39, 0.29) is 40.8 Å². The number of hydrogen-bond acceptors (Lipinski definition) is 5. The standard InChI is InChI=1S/C31H49NO5/c1-18(17-32-20(3)33)9-14-31(35)19(2)28-27(37-31)16-26-24-8-7-22-15-23(36-21(4)34)10-12-29(22,5)25(24)11-13-30(26,28)6/h7,18-19,23-28,35H,8-17H2,1-6H3,(H,32,33)/t18-,19+,23+,24-,25?,26?,27-,28+,29+,30+,31?/m1/s1. The minimum Gasteiger partial charge on any atom is -0.462 e. The predicted octanol–water partition coefficient (Wildman–Crippen LogP) is 5.38. The predicted molar refractivity (Wildman–Crippen MR) is 142 cm³/mol. The van der Waals surface area contributed by atoms with Gasteiger partial charge in [-0.3, -0.25) is 9.59 Å². The van der Waals surface area contributed by atoms with E-state index >= 15 is 0 Å². The van der Waals surface area contributed by atoms with Crippen molar-refractivity contribution in [2.24, 2.45) is 46.3 Å². The summed E-state index contributed by atoms with van der Waals surface area (Å²) in [6, 6.07) is 0. The summed E-state index contributed by atoms with van der Waals surface area (Å²) in [5.74, 6) is 1.58. The number of carbonyl (C=O) groups excluding carboxylic acids is 2. The monoisotopic (exact) mass is 515 g/mol. The van der Waals surface area contributed by atoms with Crippen molar-refractivity contribution >= 4 is 11.9 Å². The van der Waals surface area contributed by atoms with Crippen LogP contribution in [0.25, 0.3) is 0 Å². The Labute approximate surface area is 223 Å². The third kappa shape index (κ3) is 4.58. The first-order valence-electron chi connectivity index (χ1n) is 14.9. The summed E-state index contributed by atoms with van der Waals surface area (Å²) in [6.45, 7) is 13.1. The van der Waals surface area contributed by atoms with Crippen molar-refractivity contribution in [3.63, 3.8) is 0 Å². The first-order chi connectivity index (χ1) is 17.4. The molecule has 3 saturated carbocycles. The molecule has 0 aromatic carbocycles. The van der Waals surface area contributed by atoms with Gasteiger partial charge in [-0.1, -0.05) is 39.3 Å². The van der Waals surface area contributed by atoms with Gasteiger partial charge in [-0.05, 0) is 85.4 Å². The molecule has 6 heteroatoms. The Morgan fingerprint density at radius 1 is 1.22 bits per heavy atom. The molecule has 1 saturated heterocycles. The highest BCUT2D eigenvalue weighted by molar-refractivity contribution is 5.72. The number of ether oxygens (including phenoxy) is 2. The van der Waals surface area contributed by atoms with Gasteiger partial charge in [-0.25, -0.2) is 0 Å². The molecule has 2 N–H and O–H groups in total. The van der Waals surface area contributed by atoms with Crippen LogP contribution < -0.4 is 5.32 Å². The van der Waals surface area contributed by atoms with E-state index in [2.05, 4.69) is 39.1 Å². The Hall–Kier alpha value is -1.40. The van der Waals surface area contributed by atoms with Gasteiger partial charge < -0.3 is 19.9 Å². The normalized spacial score (nSPS) is 47.1. The Morgan fingerprint density at radius 2 is 1.97 bits per heavy atom. The van der Waals surface area contributed by atoms with Crippen LogP contribution in [0, 0.1) is 46.3 Å². The molecule has 37 heavy (non-hydrogen) atoms. The number of esters is 1.